The lowest BCUT2D eigenvalue weighted by Crippen LogP contribution is -2.53. The van der Waals surface area contributed by atoms with E-state index in [-0.39, 0.29) is 70.0 Å². The smallest absolute Gasteiger partial charge is 0.409 e. The summed E-state index contributed by atoms with van der Waals surface area (Å²) in [5.74, 6) is -2.75. The summed E-state index contributed by atoms with van der Waals surface area (Å²) in [4.78, 5) is 99.9. The Hall–Kier alpha value is -5.80. The number of imide groups is 1. The van der Waals surface area contributed by atoms with Crippen molar-refractivity contribution in [2.45, 2.75) is 52.3 Å². The van der Waals surface area contributed by atoms with Crippen LogP contribution in [0.4, 0.5) is 15.3 Å². The number of carboxylic acid groups (broad SMARTS) is 1. The molecule has 2 rings (SSSR count). The van der Waals surface area contributed by atoms with E-state index in [0.717, 1.165) is 9.80 Å². The van der Waals surface area contributed by atoms with Crippen molar-refractivity contribution in [3.63, 3.8) is 0 Å². The molecular weight excluding hydrogens is 951 g/mol. The number of amides is 8. The fraction of sp³-hybridized carbons (Fsp3) is 0.660. The van der Waals surface area contributed by atoms with Gasteiger partial charge in [-0.15, -0.1) is 0 Å². The van der Waals surface area contributed by atoms with Crippen molar-refractivity contribution in [3.05, 3.63) is 42.0 Å². The van der Waals surface area contributed by atoms with Crippen molar-refractivity contribution in [2.75, 3.05) is 151 Å². The molecule has 0 spiro atoms. The van der Waals surface area contributed by atoms with Gasteiger partial charge in [-0.1, -0.05) is 26.0 Å². The molecule has 1 heterocycles. The molecule has 0 aliphatic carbocycles. The van der Waals surface area contributed by atoms with Crippen LogP contribution in [0.5, 0.6) is 0 Å². The highest BCUT2D eigenvalue weighted by Gasteiger charge is 2.27. The van der Waals surface area contributed by atoms with E-state index < -0.39 is 47.9 Å². The first-order valence-corrected chi connectivity index (χ1v) is 23.8. The van der Waals surface area contributed by atoms with Gasteiger partial charge in [0.1, 0.15) is 18.7 Å². The zero-order valence-corrected chi connectivity index (χ0v) is 42.2. The number of hydrogen-bond acceptors (Lipinski definition) is 17. The third-order valence-corrected chi connectivity index (χ3v) is 10.1. The van der Waals surface area contributed by atoms with E-state index in [9.17, 15) is 38.4 Å². The topological polar surface area (TPSA) is 298 Å². The van der Waals surface area contributed by atoms with E-state index in [4.69, 9.17) is 47.7 Å². The van der Waals surface area contributed by atoms with Crippen LogP contribution in [0.15, 0.2) is 36.4 Å². The van der Waals surface area contributed by atoms with Gasteiger partial charge in [-0.2, -0.15) is 0 Å². The van der Waals surface area contributed by atoms with E-state index in [1.54, 1.807) is 38.1 Å². The lowest BCUT2D eigenvalue weighted by atomic mass is 10.0. The molecule has 72 heavy (non-hydrogen) atoms. The molecule has 0 aromatic heterocycles. The van der Waals surface area contributed by atoms with Crippen LogP contribution in [0, 0.1) is 5.92 Å². The number of carbonyl (C=O) groups excluding carboxylic acids is 7. The summed E-state index contributed by atoms with van der Waals surface area (Å²) in [5, 5.41) is 19.7. The van der Waals surface area contributed by atoms with Gasteiger partial charge in [0.05, 0.1) is 106 Å². The summed E-state index contributed by atoms with van der Waals surface area (Å²) in [6.07, 6.45) is 0.694. The Balaban J connectivity index is 1.37. The van der Waals surface area contributed by atoms with Gasteiger partial charge in [-0.3, -0.25) is 33.7 Å². The van der Waals surface area contributed by atoms with Crippen molar-refractivity contribution in [1.82, 2.24) is 30.7 Å². The Morgan fingerprint density at radius 3 is 1.51 bits per heavy atom. The number of anilines is 1. The number of likely N-dealkylation sites (N-methyl/N-ethyl adjacent to an activating group) is 2. The first-order chi connectivity index (χ1) is 34.6. The molecule has 8 amide bonds. The predicted molar refractivity (Wildman–Crippen MR) is 258 cm³/mol. The summed E-state index contributed by atoms with van der Waals surface area (Å²) < 4.78 is 49.0. The predicted octanol–water partition coefficient (Wildman–Crippen LogP) is 0.403. The molecule has 2 unspecified atom stereocenters. The highest BCUT2D eigenvalue weighted by Crippen LogP contribution is 2.12. The molecule has 406 valence electrons. The molecule has 0 fully saturated rings. The van der Waals surface area contributed by atoms with Crippen molar-refractivity contribution < 1.29 is 86.1 Å². The van der Waals surface area contributed by atoms with Gasteiger partial charge in [0, 0.05) is 71.0 Å². The molecule has 5 N–H and O–H groups in total. The SMILES string of the molecule is CC(NC(=O)C(NC(=O)CCOCCOCCOCCOCCOCCOCCOCCOCCNC(=O)CCN1C(=O)C=CC1=O)C(C)C)C(=O)Nc1ccc(COC(=O)N(C)CCN(C)C(=O)O)cc1. The first-order valence-electron chi connectivity index (χ1n) is 23.8. The molecule has 2 atom stereocenters. The van der Waals surface area contributed by atoms with Gasteiger partial charge in [0.2, 0.25) is 23.6 Å². The van der Waals surface area contributed by atoms with Gasteiger partial charge in [-0.25, -0.2) is 9.59 Å². The lowest BCUT2D eigenvalue weighted by molar-refractivity contribution is -0.137. The third kappa shape index (κ3) is 28.9. The van der Waals surface area contributed by atoms with Gasteiger partial charge in [0.25, 0.3) is 11.8 Å². The number of carbonyl (C=O) groups is 8. The van der Waals surface area contributed by atoms with Crippen LogP contribution in [0.25, 0.3) is 0 Å². The van der Waals surface area contributed by atoms with Gasteiger partial charge in [-0.05, 0) is 30.5 Å². The van der Waals surface area contributed by atoms with E-state index >= 15 is 0 Å². The molecule has 25 nitrogen and oxygen atoms in total. The maximum absolute atomic E-state index is 13.1. The number of hydrogen-bond donors (Lipinski definition) is 5. The summed E-state index contributed by atoms with van der Waals surface area (Å²) >= 11 is 0. The van der Waals surface area contributed by atoms with Crippen LogP contribution < -0.4 is 21.3 Å². The van der Waals surface area contributed by atoms with Crippen LogP contribution in [0.1, 0.15) is 39.2 Å². The van der Waals surface area contributed by atoms with E-state index in [0.29, 0.717) is 110 Å². The largest absolute Gasteiger partial charge is 0.465 e. The van der Waals surface area contributed by atoms with E-state index in [1.807, 2.05) is 0 Å². The highest BCUT2D eigenvalue weighted by molar-refractivity contribution is 6.13. The van der Waals surface area contributed by atoms with Crippen LogP contribution in [0.3, 0.4) is 0 Å². The van der Waals surface area contributed by atoms with Crippen molar-refractivity contribution in [1.29, 1.82) is 0 Å². The molecule has 1 aromatic rings. The molecule has 0 saturated heterocycles. The quantitative estimate of drug-likeness (QED) is 0.0438. The Kier molecular flexibility index (Phi) is 32.8. The number of nitrogens with zero attached hydrogens (tertiary/aromatic N) is 3. The molecule has 25 heteroatoms. The van der Waals surface area contributed by atoms with Crippen LogP contribution >= 0.6 is 0 Å². The van der Waals surface area contributed by atoms with E-state index in [1.165, 1.54) is 38.1 Å². The van der Waals surface area contributed by atoms with Crippen LogP contribution in [0.2, 0.25) is 0 Å². The normalized spacial score (nSPS) is 12.9. The summed E-state index contributed by atoms with van der Waals surface area (Å²) in [6.45, 7) is 11.4. The standard InChI is InChI=1S/C47H75N7O18/c1-35(2)43(45(60)49-36(3)44(59)50-38-8-6-37(7-9-38)34-72-47(63)53(5)17-16-52(4)46(61)62)51-40(56)13-18-64-20-22-66-24-26-68-28-30-70-32-33-71-31-29-69-27-25-67-23-21-65-19-14-48-39(55)12-15-54-41(57)10-11-42(54)58/h6-11,35-36,43H,12-34H2,1-5H3,(H,48,55)(H,49,60)(H,50,59)(H,51,56)(H,61,62). The van der Waals surface area contributed by atoms with Crippen molar-refractivity contribution in [2.24, 2.45) is 5.92 Å². The minimum absolute atomic E-state index is 0.0184. The monoisotopic (exact) mass is 1030 g/mol. The average molecular weight is 1030 g/mol. The maximum Gasteiger partial charge on any atom is 0.409 e. The zero-order chi connectivity index (χ0) is 52.9. The fourth-order valence-corrected chi connectivity index (χ4v) is 5.85. The molecule has 0 bridgehead atoms. The minimum atomic E-state index is -1.10. The Bertz CT molecular complexity index is 1800. The van der Waals surface area contributed by atoms with E-state index in [2.05, 4.69) is 21.3 Å². The van der Waals surface area contributed by atoms with Crippen molar-refractivity contribution >= 4 is 53.3 Å². The van der Waals surface area contributed by atoms with Crippen LogP contribution in [-0.4, -0.2) is 226 Å². The summed E-state index contributed by atoms with van der Waals surface area (Å²) in [7, 11) is 2.90. The van der Waals surface area contributed by atoms with Gasteiger partial charge in [0.15, 0.2) is 0 Å². The lowest BCUT2D eigenvalue weighted by Gasteiger charge is -2.24. The molecular formula is C47H75N7O18. The van der Waals surface area contributed by atoms with Crippen LogP contribution in [-0.2, 0) is 78.0 Å². The number of benzene rings is 1. The van der Waals surface area contributed by atoms with Gasteiger partial charge < -0.3 is 78.8 Å². The molecule has 1 aromatic carbocycles. The number of nitrogens with one attached hydrogen (secondary N) is 4. The Morgan fingerprint density at radius 1 is 0.583 bits per heavy atom. The molecule has 1 aliphatic heterocycles. The first kappa shape index (κ1) is 62.3. The second-order valence-electron chi connectivity index (χ2n) is 16.3. The maximum atomic E-state index is 13.1. The third-order valence-electron chi connectivity index (χ3n) is 10.1. The molecule has 0 saturated carbocycles. The zero-order valence-electron chi connectivity index (χ0n) is 42.2. The highest BCUT2D eigenvalue weighted by atomic mass is 16.6. The summed E-state index contributed by atoms with van der Waals surface area (Å²) in [5.41, 5.74) is 1.10. The second kappa shape index (κ2) is 37.9. The van der Waals surface area contributed by atoms with Gasteiger partial charge >= 0.3 is 12.2 Å². The molecule has 1 aliphatic rings. The Labute approximate surface area is 420 Å². The number of rotatable bonds is 41. The second-order valence-corrected chi connectivity index (χ2v) is 16.3. The molecule has 0 radical (unpaired) electrons. The Morgan fingerprint density at radius 2 is 1.04 bits per heavy atom. The number of ether oxygens (including phenoxy) is 9. The summed E-state index contributed by atoms with van der Waals surface area (Å²) in [6, 6.07) is 4.76. The minimum Gasteiger partial charge on any atom is -0.465 e. The van der Waals surface area contributed by atoms with Crippen molar-refractivity contribution in [3.8, 4) is 0 Å². The fourth-order valence-electron chi connectivity index (χ4n) is 5.85. The average Bonchev–Trinajstić information content (AvgIpc) is 3.68.